The van der Waals surface area contributed by atoms with Crippen LogP contribution in [0.3, 0.4) is 0 Å². The van der Waals surface area contributed by atoms with Crippen LogP contribution in [0.25, 0.3) is 0 Å². The minimum absolute atomic E-state index is 0.0928. The van der Waals surface area contributed by atoms with Crippen molar-refractivity contribution in [3.63, 3.8) is 0 Å². The molecular formula is C17H35NO4Si. The van der Waals surface area contributed by atoms with E-state index in [1.807, 2.05) is 20.8 Å². The maximum absolute atomic E-state index is 12.4. The Labute approximate surface area is 142 Å². The monoisotopic (exact) mass is 345 g/mol. The van der Waals surface area contributed by atoms with E-state index < -0.39 is 20.0 Å². The Kier molecular flexibility index (Phi) is 5.98. The molecule has 1 heterocycles. The van der Waals surface area contributed by atoms with Crippen LogP contribution in [0.1, 0.15) is 54.9 Å². The number of carbonyl (C=O) groups excluding carboxylic acids is 1. The smallest absolute Gasteiger partial charge is 0.410 e. The normalized spacial score (nSPS) is 24.7. The van der Waals surface area contributed by atoms with Crippen LogP contribution in [0.2, 0.25) is 18.1 Å². The molecule has 0 aromatic rings. The van der Waals surface area contributed by atoms with E-state index >= 15 is 0 Å². The van der Waals surface area contributed by atoms with E-state index in [9.17, 15) is 9.90 Å². The van der Waals surface area contributed by atoms with Gasteiger partial charge in [0.1, 0.15) is 5.60 Å². The Bertz CT molecular complexity index is 423. The van der Waals surface area contributed by atoms with E-state index in [-0.39, 0.29) is 23.3 Å². The third-order valence-corrected chi connectivity index (χ3v) is 9.27. The summed E-state index contributed by atoms with van der Waals surface area (Å²) in [6, 6.07) is -0.348. The predicted octanol–water partition coefficient (Wildman–Crippen LogP) is 3.77. The molecule has 1 saturated heterocycles. The van der Waals surface area contributed by atoms with Crippen LogP contribution >= 0.6 is 0 Å². The minimum atomic E-state index is -1.96. The van der Waals surface area contributed by atoms with Crippen molar-refractivity contribution in [2.24, 2.45) is 0 Å². The van der Waals surface area contributed by atoms with Crippen LogP contribution in [-0.2, 0) is 9.16 Å². The summed E-state index contributed by atoms with van der Waals surface area (Å²) in [5.41, 5.74) is -0.543. The van der Waals surface area contributed by atoms with Crippen LogP contribution in [0.4, 0.5) is 4.79 Å². The van der Waals surface area contributed by atoms with Crippen molar-refractivity contribution < 1.29 is 19.1 Å². The lowest BCUT2D eigenvalue weighted by atomic mass is 10.1. The number of aliphatic hydroxyl groups excluding tert-OH is 1. The molecule has 1 amide bonds. The Balaban J connectivity index is 2.91. The molecule has 3 unspecified atom stereocenters. The number of hydrogen-bond donors (Lipinski definition) is 1. The van der Waals surface area contributed by atoms with Crippen LogP contribution < -0.4 is 0 Å². The Hall–Kier alpha value is -0.593. The van der Waals surface area contributed by atoms with E-state index in [1.54, 1.807) is 11.8 Å². The van der Waals surface area contributed by atoms with Gasteiger partial charge in [-0.2, -0.15) is 0 Å². The summed E-state index contributed by atoms with van der Waals surface area (Å²) in [6.45, 7) is 18.8. The summed E-state index contributed by atoms with van der Waals surface area (Å²) < 4.78 is 12.0. The number of amides is 1. The fraction of sp³-hybridized carbons (Fsp3) is 0.941. The first kappa shape index (κ1) is 20.5. The number of carbonyl (C=O) groups is 1. The molecule has 0 aliphatic carbocycles. The highest BCUT2D eigenvalue weighted by Crippen LogP contribution is 2.39. The number of likely N-dealkylation sites (tertiary alicyclic amines) is 1. The highest BCUT2D eigenvalue weighted by Gasteiger charge is 2.47. The topological polar surface area (TPSA) is 59.0 Å². The van der Waals surface area contributed by atoms with Crippen LogP contribution in [0, 0.1) is 0 Å². The Morgan fingerprint density at radius 1 is 1.22 bits per heavy atom. The molecule has 1 fully saturated rings. The first-order valence-corrected chi connectivity index (χ1v) is 11.4. The van der Waals surface area contributed by atoms with Gasteiger partial charge in [-0.15, -0.1) is 0 Å². The number of ether oxygens (including phenoxy) is 1. The molecular weight excluding hydrogens is 310 g/mol. The van der Waals surface area contributed by atoms with E-state index in [1.165, 1.54) is 0 Å². The van der Waals surface area contributed by atoms with Crippen molar-refractivity contribution in [1.29, 1.82) is 0 Å². The summed E-state index contributed by atoms with van der Waals surface area (Å²) in [5.74, 6) is 0. The van der Waals surface area contributed by atoms with Crippen LogP contribution in [0.5, 0.6) is 0 Å². The molecule has 6 heteroatoms. The second kappa shape index (κ2) is 6.73. The average Bonchev–Trinajstić information content (AvgIpc) is 2.67. The highest BCUT2D eigenvalue weighted by atomic mass is 28.4. The van der Waals surface area contributed by atoms with Gasteiger partial charge in [-0.1, -0.05) is 20.8 Å². The van der Waals surface area contributed by atoms with Gasteiger partial charge in [-0.25, -0.2) is 4.79 Å². The molecule has 23 heavy (non-hydrogen) atoms. The van der Waals surface area contributed by atoms with Crippen molar-refractivity contribution in [2.45, 2.75) is 96.9 Å². The van der Waals surface area contributed by atoms with Gasteiger partial charge in [-0.05, 0) is 52.2 Å². The van der Waals surface area contributed by atoms with Gasteiger partial charge in [0.05, 0.1) is 18.2 Å². The van der Waals surface area contributed by atoms with Crippen LogP contribution in [0.15, 0.2) is 0 Å². The average molecular weight is 346 g/mol. The third-order valence-electron chi connectivity index (χ3n) is 4.77. The lowest BCUT2D eigenvalue weighted by Gasteiger charge is -2.41. The van der Waals surface area contributed by atoms with Gasteiger partial charge >= 0.3 is 6.09 Å². The fourth-order valence-electron chi connectivity index (χ4n) is 2.58. The zero-order chi connectivity index (χ0) is 18.2. The van der Waals surface area contributed by atoms with Gasteiger partial charge < -0.3 is 14.3 Å². The number of aliphatic hydroxyl groups is 1. The van der Waals surface area contributed by atoms with Crippen LogP contribution in [-0.4, -0.2) is 54.8 Å². The molecule has 0 bridgehead atoms. The predicted molar refractivity (Wildman–Crippen MR) is 95.1 cm³/mol. The summed E-state index contributed by atoms with van der Waals surface area (Å²) in [5, 5.41) is 10.3. The van der Waals surface area contributed by atoms with Crippen molar-refractivity contribution >= 4 is 14.4 Å². The van der Waals surface area contributed by atoms with Crippen molar-refractivity contribution in [3.8, 4) is 0 Å². The molecule has 1 rings (SSSR count). The molecule has 0 spiro atoms. The third kappa shape index (κ3) is 5.19. The molecule has 136 valence electrons. The van der Waals surface area contributed by atoms with Crippen molar-refractivity contribution in [2.75, 3.05) is 6.54 Å². The van der Waals surface area contributed by atoms with E-state index in [2.05, 4.69) is 33.9 Å². The largest absolute Gasteiger partial charge is 0.444 e. The number of hydrogen-bond acceptors (Lipinski definition) is 4. The molecule has 1 N–H and O–H groups in total. The van der Waals surface area contributed by atoms with E-state index in [0.717, 1.165) is 6.42 Å². The maximum Gasteiger partial charge on any atom is 0.410 e. The Morgan fingerprint density at radius 2 is 1.74 bits per heavy atom. The second-order valence-electron chi connectivity index (χ2n) is 9.11. The standard InChI is InChI=1S/C17H35NO4Si/c1-12(19)14-13(22-23(8,9)17(5,6)7)10-11-18(14)15(20)21-16(2,3)4/h12-14,19H,10-11H2,1-9H3. The lowest BCUT2D eigenvalue weighted by Crippen LogP contribution is -2.52. The van der Waals surface area contributed by atoms with Gasteiger partial charge in [0.2, 0.25) is 0 Å². The summed E-state index contributed by atoms with van der Waals surface area (Å²) >= 11 is 0. The first-order valence-electron chi connectivity index (χ1n) is 8.51. The minimum Gasteiger partial charge on any atom is -0.444 e. The quantitative estimate of drug-likeness (QED) is 0.791. The fourth-order valence-corrected chi connectivity index (χ4v) is 3.94. The zero-order valence-electron chi connectivity index (χ0n) is 16.3. The summed E-state index contributed by atoms with van der Waals surface area (Å²) in [6.07, 6.45) is -0.422. The molecule has 1 aliphatic rings. The maximum atomic E-state index is 12.4. The first-order chi connectivity index (χ1) is 10.2. The van der Waals surface area contributed by atoms with Crippen molar-refractivity contribution in [1.82, 2.24) is 4.90 Å². The van der Waals surface area contributed by atoms with Gasteiger partial charge in [0.25, 0.3) is 0 Å². The van der Waals surface area contributed by atoms with E-state index in [4.69, 9.17) is 9.16 Å². The lowest BCUT2D eigenvalue weighted by molar-refractivity contribution is -0.00811. The highest BCUT2D eigenvalue weighted by molar-refractivity contribution is 6.74. The number of rotatable bonds is 3. The molecule has 0 saturated carbocycles. The van der Waals surface area contributed by atoms with Gasteiger partial charge in [0, 0.05) is 6.54 Å². The molecule has 5 nitrogen and oxygen atoms in total. The van der Waals surface area contributed by atoms with E-state index in [0.29, 0.717) is 6.54 Å². The Morgan fingerprint density at radius 3 is 2.13 bits per heavy atom. The molecule has 1 aliphatic heterocycles. The molecule has 0 aromatic carbocycles. The molecule has 0 aromatic heterocycles. The second-order valence-corrected chi connectivity index (χ2v) is 13.9. The van der Waals surface area contributed by atoms with Gasteiger partial charge in [0.15, 0.2) is 8.32 Å². The zero-order valence-corrected chi connectivity index (χ0v) is 17.3. The van der Waals surface area contributed by atoms with Crippen molar-refractivity contribution in [3.05, 3.63) is 0 Å². The molecule has 0 radical (unpaired) electrons. The molecule has 3 atom stereocenters. The summed E-state index contributed by atoms with van der Waals surface area (Å²) in [7, 11) is -1.96. The number of nitrogens with zero attached hydrogens (tertiary/aromatic N) is 1. The summed E-state index contributed by atoms with van der Waals surface area (Å²) in [4.78, 5) is 14.1. The van der Waals surface area contributed by atoms with Gasteiger partial charge in [-0.3, -0.25) is 4.90 Å². The SMILES string of the molecule is CC(O)C1C(O[Si](C)(C)C(C)(C)C)CCN1C(=O)OC(C)(C)C.